The lowest BCUT2D eigenvalue weighted by Gasteiger charge is -2.27. The Balaban J connectivity index is 1.58. The van der Waals surface area contributed by atoms with Gasteiger partial charge in [0.05, 0.1) is 11.6 Å². The molecular weight excluding hydrogens is 311 g/mol. The molecule has 3 nitrogen and oxygen atoms in total. The zero-order chi connectivity index (χ0) is 14.8. The second-order valence-corrected chi connectivity index (χ2v) is 6.32. The Bertz CT molecular complexity index is 673. The highest BCUT2D eigenvalue weighted by molar-refractivity contribution is 7.10. The van der Waals surface area contributed by atoms with Crippen LogP contribution < -0.4 is 5.32 Å². The lowest BCUT2D eigenvalue weighted by Crippen LogP contribution is -2.38. The number of nitrogens with zero attached hydrogens (tertiary/aromatic N) is 1. The maximum Gasteiger partial charge on any atom is 0.242 e. The van der Waals surface area contributed by atoms with Gasteiger partial charge in [-0.2, -0.15) is 0 Å². The predicted molar refractivity (Wildman–Crippen MR) is 83.3 cm³/mol. The molecule has 6 heteroatoms. The van der Waals surface area contributed by atoms with Crippen LogP contribution in [0.25, 0.3) is 0 Å². The van der Waals surface area contributed by atoms with Gasteiger partial charge in [-0.3, -0.25) is 4.79 Å². The Labute approximate surface area is 131 Å². The number of thiophene rings is 1. The van der Waals surface area contributed by atoms with E-state index in [9.17, 15) is 9.18 Å². The van der Waals surface area contributed by atoms with Gasteiger partial charge in [0.25, 0.3) is 0 Å². The largest absolute Gasteiger partial charge is 0.376 e. The van der Waals surface area contributed by atoms with E-state index < -0.39 is 5.82 Å². The van der Waals surface area contributed by atoms with Gasteiger partial charge < -0.3 is 10.2 Å². The number of hydrogen-bond donors (Lipinski definition) is 1. The van der Waals surface area contributed by atoms with Crippen LogP contribution in [0.5, 0.6) is 0 Å². The summed E-state index contributed by atoms with van der Waals surface area (Å²) in [6.45, 7) is 1.60. The third-order valence-corrected chi connectivity index (χ3v) is 4.84. The molecule has 0 bridgehead atoms. The number of anilines is 1. The fourth-order valence-corrected chi connectivity index (χ4v) is 3.43. The second-order valence-electron chi connectivity index (χ2n) is 4.92. The minimum absolute atomic E-state index is 0.0345. The smallest absolute Gasteiger partial charge is 0.242 e. The van der Waals surface area contributed by atoms with Crippen molar-refractivity contribution in [3.8, 4) is 0 Å². The topological polar surface area (TPSA) is 32.3 Å². The molecule has 0 radical (unpaired) electrons. The molecule has 1 N–H and O–H groups in total. The van der Waals surface area contributed by atoms with Gasteiger partial charge in [0.2, 0.25) is 5.91 Å². The SMILES string of the molecule is O=C(CNc1ccc(F)c(Cl)c1)N1CCc2sccc2C1. The van der Waals surface area contributed by atoms with Crippen molar-refractivity contribution < 1.29 is 9.18 Å². The molecule has 0 aliphatic carbocycles. The lowest BCUT2D eigenvalue weighted by atomic mass is 10.1. The van der Waals surface area contributed by atoms with Crippen LogP contribution in [0.3, 0.4) is 0 Å². The van der Waals surface area contributed by atoms with Crippen molar-refractivity contribution in [1.29, 1.82) is 0 Å². The highest BCUT2D eigenvalue weighted by Gasteiger charge is 2.21. The van der Waals surface area contributed by atoms with E-state index >= 15 is 0 Å². The second kappa shape index (κ2) is 6.03. The van der Waals surface area contributed by atoms with Crippen molar-refractivity contribution >= 4 is 34.5 Å². The standard InChI is InChI=1S/C15H14ClFN2OS/c16-12-7-11(1-2-13(12)17)18-8-15(20)19-5-3-14-10(9-19)4-6-21-14/h1-2,4,6-7,18H,3,5,8-9H2. The summed E-state index contributed by atoms with van der Waals surface area (Å²) in [7, 11) is 0. The summed E-state index contributed by atoms with van der Waals surface area (Å²) in [6.07, 6.45) is 0.918. The molecule has 21 heavy (non-hydrogen) atoms. The van der Waals surface area contributed by atoms with E-state index in [-0.39, 0.29) is 17.5 Å². The van der Waals surface area contributed by atoms with Crippen LogP contribution in [-0.2, 0) is 17.8 Å². The van der Waals surface area contributed by atoms with E-state index in [1.165, 1.54) is 22.6 Å². The molecular formula is C15H14ClFN2OS. The lowest BCUT2D eigenvalue weighted by molar-refractivity contribution is -0.130. The van der Waals surface area contributed by atoms with Crippen molar-refractivity contribution in [3.05, 3.63) is 50.9 Å². The molecule has 0 spiro atoms. The first-order valence-electron chi connectivity index (χ1n) is 6.65. The summed E-state index contributed by atoms with van der Waals surface area (Å²) in [5.41, 5.74) is 1.88. The molecule has 0 saturated heterocycles. The van der Waals surface area contributed by atoms with Crippen LogP contribution in [0, 0.1) is 5.82 Å². The van der Waals surface area contributed by atoms with Gasteiger partial charge in [-0.05, 0) is 41.6 Å². The van der Waals surface area contributed by atoms with Crippen LogP contribution in [0.4, 0.5) is 10.1 Å². The molecule has 0 atom stereocenters. The Hall–Kier alpha value is -1.59. The highest BCUT2D eigenvalue weighted by Crippen LogP contribution is 2.24. The minimum atomic E-state index is -0.463. The van der Waals surface area contributed by atoms with Gasteiger partial charge in [-0.1, -0.05) is 11.6 Å². The average Bonchev–Trinajstić information content (AvgIpc) is 2.95. The zero-order valence-electron chi connectivity index (χ0n) is 11.2. The van der Waals surface area contributed by atoms with Crippen LogP contribution in [0.15, 0.2) is 29.6 Å². The van der Waals surface area contributed by atoms with Gasteiger partial charge in [-0.15, -0.1) is 11.3 Å². The van der Waals surface area contributed by atoms with Crippen molar-refractivity contribution in [2.45, 2.75) is 13.0 Å². The molecule has 0 unspecified atom stereocenters. The molecule has 110 valence electrons. The first-order chi connectivity index (χ1) is 10.1. The molecule has 1 aromatic carbocycles. The first-order valence-corrected chi connectivity index (χ1v) is 7.91. The van der Waals surface area contributed by atoms with Gasteiger partial charge >= 0.3 is 0 Å². The van der Waals surface area contributed by atoms with Crippen LogP contribution in [-0.4, -0.2) is 23.9 Å². The van der Waals surface area contributed by atoms with Crippen molar-refractivity contribution in [3.63, 3.8) is 0 Å². The number of halogens is 2. The molecule has 1 amide bonds. The van der Waals surface area contributed by atoms with Gasteiger partial charge in [0.15, 0.2) is 0 Å². The number of carbonyl (C=O) groups is 1. The fourth-order valence-electron chi connectivity index (χ4n) is 2.36. The quantitative estimate of drug-likeness (QED) is 0.936. The number of carbonyl (C=O) groups excluding carboxylic acids is 1. The summed E-state index contributed by atoms with van der Waals surface area (Å²) in [5, 5.41) is 5.10. The molecule has 1 aliphatic heterocycles. The normalized spacial score (nSPS) is 13.9. The molecule has 3 rings (SSSR count). The number of amides is 1. The molecule has 1 aliphatic rings. The fraction of sp³-hybridized carbons (Fsp3) is 0.267. The highest BCUT2D eigenvalue weighted by atomic mass is 35.5. The molecule has 0 fully saturated rings. The van der Waals surface area contributed by atoms with Crippen molar-refractivity contribution in [2.75, 3.05) is 18.4 Å². The van der Waals surface area contributed by atoms with E-state index in [1.54, 1.807) is 17.4 Å². The Morgan fingerprint density at radius 1 is 1.43 bits per heavy atom. The summed E-state index contributed by atoms with van der Waals surface area (Å²) >= 11 is 7.46. The Morgan fingerprint density at radius 3 is 3.10 bits per heavy atom. The number of benzene rings is 1. The van der Waals surface area contributed by atoms with Crippen LogP contribution in [0.2, 0.25) is 5.02 Å². The van der Waals surface area contributed by atoms with Crippen molar-refractivity contribution in [1.82, 2.24) is 4.90 Å². The predicted octanol–water partition coefficient (Wildman–Crippen LogP) is 3.54. The molecule has 0 saturated carbocycles. The average molecular weight is 325 g/mol. The molecule has 2 aromatic rings. The zero-order valence-corrected chi connectivity index (χ0v) is 12.8. The van der Waals surface area contributed by atoms with Gasteiger partial charge in [0.1, 0.15) is 5.82 Å². The summed E-state index contributed by atoms with van der Waals surface area (Å²) < 4.78 is 13.1. The van der Waals surface area contributed by atoms with Gasteiger partial charge in [-0.25, -0.2) is 4.39 Å². The van der Waals surface area contributed by atoms with E-state index in [2.05, 4.69) is 16.8 Å². The number of hydrogen-bond acceptors (Lipinski definition) is 3. The molecule has 1 aromatic heterocycles. The van der Waals surface area contributed by atoms with E-state index in [0.29, 0.717) is 12.2 Å². The minimum Gasteiger partial charge on any atom is -0.376 e. The summed E-state index contributed by atoms with van der Waals surface area (Å²) in [4.78, 5) is 15.4. The van der Waals surface area contributed by atoms with Crippen LogP contribution >= 0.6 is 22.9 Å². The number of fused-ring (bicyclic) bond motifs is 1. The Kier molecular flexibility index (Phi) is 4.12. The third-order valence-electron chi connectivity index (χ3n) is 3.52. The van der Waals surface area contributed by atoms with E-state index in [4.69, 9.17) is 11.6 Å². The van der Waals surface area contributed by atoms with E-state index in [0.717, 1.165) is 13.0 Å². The van der Waals surface area contributed by atoms with E-state index in [1.807, 2.05) is 4.90 Å². The third kappa shape index (κ3) is 3.19. The first kappa shape index (κ1) is 14.4. The summed E-state index contributed by atoms with van der Waals surface area (Å²) in [5.74, 6) is -0.429. The summed E-state index contributed by atoms with van der Waals surface area (Å²) in [6, 6.07) is 6.42. The number of nitrogens with one attached hydrogen (secondary N) is 1. The number of rotatable bonds is 3. The Morgan fingerprint density at radius 2 is 2.29 bits per heavy atom. The maximum absolute atomic E-state index is 13.1. The van der Waals surface area contributed by atoms with Crippen LogP contribution in [0.1, 0.15) is 10.4 Å². The maximum atomic E-state index is 13.1. The molecule has 2 heterocycles. The monoisotopic (exact) mass is 324 g/mol. The van der Waals surface area contributed by atoms with Gasteiger partial charge in [0, 0.05) is 23.7 Å². The van der Waals surface area contributed by atoms with Crippen molar-refractivity contribution in [2.24, 2.45) is 0 Å².